The molecule has 2 heterocycles. The summed E-state index contributed by atoms with van der Waals surface area (Å²) in [4.78, 5) is 14.4. The van der Waals surface area contributed by atoms with Crippen LogP contribution in [0.4, 0.5) is 0 Å². The van der Waals surface area contributed by atoms with E-state index < -0.39 is 9.84 Å². The normalized spacial score (nSPS) is 18.4. The Labute approximate surface area is 159 Å². The molecule has 8 heteroatoms. The van der Waals surface area contributed by atoms with Crippen LogP contribution in [0.5, 0.6) is 5.75 Å². The molecule has 2 aromatic rings. The maximum atomic E-state index is 12.8. The molecule has 0 N–H and O–H groups in total. The van der Waals surface area contributed by atoms with Gasteiger partial charge in [-0.1, -0.05) is 6.07 Å². The molecule has 0 saturated carbocycles. The van der Waals surface area contributed by atoms with E-state index in [9.17, 15) is 13.2 Å². The number of sulfone groups is 1. The average molecular weight is 391 g/mol. The van der Waals surface area contributed by atoms with Crippen molar-refractivity contribution in [3.05, 3.63) is 46.8 Å². The van der Waals surface area contributed by atoms with Crippen LogP contribution < -0.4 is 4.74 Å². The predicted molar refractivity (Wildman–Crippen MR) is 103 cm³/mol. The third kappa shape index (κ3) is 4.00. The summed E-state index contributed by atoms with van der Waals surface area (Å²) in [6, 6.07) is 6.93. The first-order chi connectivity index (χ1) is 12.7. The van der Waals surface area contributed by atoms with Crippen LogP contribution in [0.2, 0.25) is 0 Å². The maximum Gasteiger partial charge on any atom is 0.254 e. The van der Waals surface area contributed by atoms with E-state index in [4.69, 9.17) is 4.74 Å². The SMILES string of the molecule is COc1cccc(C(=O)N(C)Cc2c(C)nn([C@@H]3CCS(=O)(=O)C3)c2C)c1. The summed E-state index contributed by atoms with van der Waals surface area (Å²) in [6.07, 6.45) is 0.586. The van der Waals surface area contributed by atoms with Crippen molar-refractivity contribution in [3.63, 3.8) is 0 Å². The monoisotopic (exact) mass is 391 g/mol. The molecule has 1 aliphatic rings. The van der Waals surface area contributed by atoms with Crippen molar-refractivity contribution in [2.75, 3.05) is 25.7 Å². The van der Waals surface area contributed by atoms with Crippen LogP contribution in [0.25, 0.3) is 0 Å². The Kier molecular flexibility index (Phi) is 5.28. The molecule has 146 valence electrons. The van der Waals surface area contributed by atoms with Gasteiger partial charge >= 0.3 is 0 Å². The van der Waals surface area contributed by atoms with Crippen LogP contribution in [-0.4, -0.2) is 54.7 Å². The molecule has 1 atom stereocenters. The van der Waals surface area contributed by atoms with Gasteiger partial charge in [0.05, 0.1) is 30.4 Å². The number of hydrogen-bond donors (Lipinski definition) is 0. The fourth-order valence-corrected chi connectivity index (χ4v) is 5.23. The molecule has 1 amide bonds. The van der Waals surface area contributed by atoms with Gasteiger partial charge in [-0.3, -0.25) is 9.48 Å². The van der Waals surface area contributed by atoms with E-state index in [1.807, 2.05) is 18.5 Å². The molecule has 1 aromatic heterocycles. The minimum absolute atomic E-state index is 0.108. The predicted octanol–water partition coefficient (Wildman–Crippen LogP) is 2.14. The van der Waals surface area contributed by atoms with Crippen molar-refractivity contribution in [1.29, 1.82) is 0 Å². The average Bonchev–Trinajstić information content (AvgIpc) is 3.14. The van der Waals surface area contributed by atoms with E-state index in [0.717, 1.165) is 17.0 Å². The van der Waals surface area contributed by atoms with E-state index in [1.165, 1.54) is 0 Å². The summed E-state index contributed by atoms with van der Waals surface area (Å²) < 4.78 is 30.6. The highest BCUT2D eigenvalue weighted by Gasteiger charge is 2.31. The molecule has 0 radical (unpaired) electrons. The van der Waals surface area contributed by atoms with E-state index in [-0.39, 0.29) is 23.5 Å². The molecule has 27 heavy (non-hydrogen) atoms. The minimum atomic E-state index is -2.98. The number of aromatic nitrogens is 2. The van der Waals surface area contributed by atoms with E-state index in [1.54, 1.807) is 43.3 Å². The number of aryl methyl sites for hydroxylation is 1. The first-order valence-electron chi connectivity index (χ1n) is 8.86. The highest BCUT2D eigenvalue weighted by molar-refractivity contribution is 7.91. The van der Waals surface area contributed by atoms with E-state index in [2.05, 4.69) is 5.10 Å². The second-order valence-corrected chi connectivity index (χ2v) is 9.27. The smallest absolute Gasteiger partial charge is 0.254 e. The molecule has 7 nitrogen and oxygen atoms in total. The number of hydrogen-bond acceptors (Lipinski definition) is 5. The first kappa shape index (κ1) is 19.4. The number of carbonyl (C=O) groups is 1. The summed E-state index contributed by atoms with van der Waals surface area (Å²) in [6.45, 7) is 4.24. The molecular weight excluding hydrogens is 366 g/mol. The van der Waals surface area contributed by atoms with Gasteiger partial charge in [0, 0.05) is 30.4 Å². The van der Waals surface area contributed by atoms with Crippen LogP contribution in [0.15, 0.2) is 24.3 Å². The Morgan fingerprint density at radius 1 is 1.37 bits per heavy atom. The number of rotatable bonds is 5. The summed E-state index contributed by atoms with van der Waals surface area (Å²) in [5.74, 6) is 0.868. The Hall–Kier alpha value is -2.35. The molecule has 0 spiro atoms. The minimum Gasteiger partial charge on any atom is -0.497 e. The molecule has 3 rings (SSSR count). The molecular formula is C19H25N3O4S. The van der Waals surface area contributed by atoms with Gasteiger partial charge in [0.25, 0.3) is 5.91 Å². The zero-order chi connectivity index (χ0) is 19.8. The number of ether oxygens (including phenoxy) is 1. The highest BCUT2D eigenvalue weighted by atomic mass is 32.2. The van der Waals surface area contributed by atoms with Gasteiger partial charge in [-0.05, 0) is 38.5 Å². The third-order valence-electron chi connectivity index (χ3n) is 5.09. The number of amides is 1. The quantitative estimate of drug-likeness (QED) is 0.780. The summed E-state index contributed by atoms with van der Waals surface area (Å²) in [7, 11) is 0.335. The van der Waals surface area contributed by atoms with Gasteiger partial charge < -0.3 is 9.64 Å². The lowest BCUT2D eigenvalue weighted by Crippen LogP contribution is -2.26. The Balaban J connectivity index is 1.80. The lowest BCUT2D eigenvalue weighted by atomic mass is 10.1. The lowest BCUT2D eigenvalue weighted by molar-refractivity contribution is 0.0784. The van der Waals surface area contributed by atoms with Crippen molar-refractivity contribution < 1.29 is 17.9 Å². The first-order valence-corrected chi connectivity index (χ1v) is 10.7. The van der Waals surface area contributed by atoms with Gasteiger partial charge in [-0.2, -0.15) is 5.10 Å². The zero-order valence-electron chi connectivity index (χ0n) is 16.1. The van der Waals surface area contributed by atoms with Crippen molar-refractivity contribution in [2.24, 2.45) is 0 Å². The Morgan fingerprint density at radius 2 is 2.11 bits per heavy atom. The molecule has 0 bridgehead atoms. The number of benzene rings is 1. The van der Waals surface area contributed by atoms with Crippen molar-refractivity contribution >= 4 is 15.7 Å². The standard InChI is InChI=1S/C19H25N3O4S/c1-13-18(14(2)22(20-13)16-8-9-27(24,25)12-16)11-21(3)19(23)15-6-5-7-17(10-15)26-4/h5-7,10,16H,8-9,11-12H2,1-4H3/t16-/m1/s1. The fraction of sp³-hybridized carbons (Fsp3) is 0.474. The maximum absolute atomic E-state index is 12.8. The number of carbonyl (C=O) groups excluding carboxylic acids is 1. The van der Waals surface area contributed by atoms with Crippen molar-refractivity contribution in [1.82, 2.24) is 14.7 Å². The molecule has 0 aliphatic carbocycles. The van der Waals surface area contributed by atoms with Crippen molar-refractivity contribution in [3.8, 4) is 5.75 Å². The van der Waals surface area contributed by atoms with E-state index >= 15 is 0 Å². The molecule has 0 unspecified atom stereocenters. The summed E-state index contributed by atoms with van der Waals surface area (Å²) >= 11 is 0. The largest absolute Gasteiger partial charge is 0.497 e. The Bertz CT molecular complexity index is 965. The zero-order valence-corrected chi connectivity index (χ0v) is 16.9. The summed E-state index contributed by atoms with van der Waals surface area (Å²) in [5, 5.41) is 4.56. The Morgan fingerprint density at radius 3 is 2.74 bits per heavy atom. The molecule has 1 fully saturated rings. The van der Waals surface area contributed by atoms with E-state index in [0.29, 0.717) is 24.3 Å². The molecule has 1 saturated heterocycles. The van der Waals surface area contributed by atoms with Gasteiger partial charge in [0.15, 0.2) is 9.84 Å². The van der Waals surface area contributed by atoms with Gasteiger partial charge in [0.1, 0.15) is 5.75 Å². The van der Waals surface area contributed by atoms with Crippen LogP contribution in [0, 0.1) is 13.8 Å². The second-order valence-electron chi connectivity index (χ2n) is 7.04. The molecule has 1 aromatic carbocycles. The third-order valence-corrected chi connectivity index (χ3v) is 6.84. The lowest BCUT2D eigenvalue weighted by Gasteiger charge is -2.18. The van der Waals surface area contributed by atoms with Crippen LogP contribution in [0.1, 0.15) is 39.8 Å². The fourth-order valence-electron chi connectivity index (χ4n) is 3.54. The van der Waals surface area contributed by atoms with Crippen LogP contribution in [-0.2, 0) is 16.4 Å². The second kappa shape index (κ2) is 7.34. The van der Waals surface area contributed by atoms with Gasteiger partial charge in [0.2, 0.25) is 0 Å². The van der Waals surface area contributed by atoms with Crippen LogP contribution >= 0.6 is 0 Å². The van der Waals surface area contributed by atoms with Gasteiger partial charge in [-0.25, -0.2) is 8.42 Å². The highest BCUT2D eigenvalue weighted by Crippen LogP contribution is 2.27. The van der Waals surface area contributed by atoms with Crippen molar-refractivity contribution in [2.45, 2.75) is 32.9 Å². The molecule has 1 aliphatic heterocycles. The summed E-state index contributed by atoms with van der Waals surface area (Å²) in [5.41, 5.74) is 3.25. The van der Waals surface area contributed by atoms with Gasteiger partial charge in [-0.15, -0.1) is 0 Å². The van der Waals surface area contributed by atoms with Crippen LogP contribution in [0.3, 0.4) is 0 Å². The topological polar surface area (TPSA) is 81.5 Å². The number of nitrogens with zero attached hydrogens (tertiary/aromatic N) is 3. The number of methoxy groups -OCH3 is 1.